The Labute approximate surface area is 128 Å². The van der Waals surface area contributed by atoms with E-state index >= 15 is 0 Å². The van der Waals surface area contributed by atoms with E-state index < -0.39 is 0 Å². The minimum atomic E-state index is 0.0823. The van der Waals surface area contributed by atoms with Gasteiger partial charge in [-0.2, -0.15) is 0 Å². The van der Waals surface area contributed by atoms with Gasteiger partial charge in [-0.05, 0) is 82.0 Å². The van der Waals surface area contributed by atoms with E-state index in [0.717, 1.165) is 30.8 Å². The summed E-state index contributed by atoms with van der Waals surface area (Å²) in [5.74, 6) is 3.21. The Morgan fingerprint density at radius 3 is 1.76 bits per heavy atom. The van der Waals surface area contributed by atoms with E-state index in [9.17, 15) is 4.79 Å². The van der Waals surface area contributed by atoms with Crippen LogP contribution in [0.2, 0.25) is 0 Å². The first-order valence-corrected chi connectivity index (χ1v) is 9.21. The molecule has 6 aliphatic rings. The molecule has 0 unspecified atom stereocenters. The van der Waals surface area contributed by atoms with E-state index in [4.69, 9.17) is 0 Å². The van der Waals surface area contributed by atoms with Gasteiger partial charge in [-0.25, -0.2) is 0 Å². The number of carbonyl (C=O) groups excluding carboxylic acids is 1. The molecule has 0 N–H and O–H groups in total. The van der Waals surface area contributed by atoms with E-state index in [1.807, 2.05) is 0 Å². The molecule has 0 aromatic rings. The summed E-state index contributed by atoms with van der Waals surface area (Å²) in [6.45, 7) is 2.03. The number of carbonyl (C=O) groups is 1. The average Bonchev–Trinajstić information content (AvgIpc) is 3.30. The van der Waals surface area contributed by atoms with Crippen LogP contribution in [0.3, 0.4) is 0 Å². The van der Waals surface area contributed by atoms with E-state index in [0.29, 0.717) is 5.91 Å². The van der Waals surface area contributed by atoms with Crippen molar-refractivity contribution in [3.05, 3.63) is 11.1 Å². The number of amides is 1. The number of likely N-dealkylation sites (tertiary alicyclic amines) is 1. The van der Waals surface area contributed by atoms with Crippen molar-refractivity contribution in [3.63, 3.8) is 0 Å². The quantitative estimate of drug-likeness (QED) is 0.669. The molecule has 21 heavy (non-hydrogen) atoms. The lowest BCUT2D eigenvalue weighted by Gasteiger charge is -2.56. The van der Waals surface area contributed by atoms with Crippen molar-refractivity contribution < 1.29 is 4.79 Å². The Kier molecular flexibility index (Phi) is 2.64. The highest BCUT2D eigenvalue weighted by Crippen LogP contribution is 2.60. The van der Waals surface area contributed by atoms with Crippen molar-refractivity contribution in [1.29, 1.82) is 0 Å². The molecular weight excluding hydrogens is 258 g/mol. The third-order valence-electron chi connectivity index (χ3n) is 7.15. The zero-order chi connectivity index (χ0) is 14.0. The fraction of sp³-hybridized carbons (Fsp3) is 0.842. The Morgan fingerprint density at radius 2 is 1.29 bits per heavy atom. The lowest BCUT2D eigenvalue weighted by molar-refractivity contribution is -0.158. The zero-order valence-electron chi connectivity index (χ0n) is 13.1. The summed E-state index contributed by atoms with van der Waals surface area (Å²) >= 11 is 0. The second kappa shape index (κ2) is 4.36. The third kappa shape index (κ3) is 2.01. The predicted octanol–water partition coefficient (Wildman–Crippen LogP) is 3.92. The molecule has 0 radical (unpaired) electrons. The largest absolute Gasteiger partial charge is 0.342 e. The maximum absolute atomic E-state index is 13.3. The van der Waals surface area contributed by atoms with Gasteiger partial charge in [0.25, 0.3) is 0 Å². The van der Waals surface area contributed by atoms with Crippen LogP contribution in [0.25, 0.3) is 0 Å². The topological polar surface area (TPSA) is 20.3 Å². The van der Waals surface area contributed by atoms with Gasteiger partial charge in [0.15, 0.2) is 0 Å². The van der Waals surface area contributed by atoms with E-state index in [1.54, 1.807) is 11.1 Å². The molecule has 1 saturated heterocycles. The maximum Gasteiger partial charge on any atom is 0.228 e. The summed E-state index contributed by atoms with van der Waals surface area (Å²) in [7, 11) is 0. The van der Waals surface area contributed by atoms with Crippen LogP contribution < -0.4 is 0 Å². The summed E-state index contributed by atoms with van der Waals surface area (Å²) in [6, 6.07) is 0. The molecule has 0 spiro atoms. The van der Waals surface area contributed by atoms with Crippen molar-refractivity contribution in [2.75, 3.05) is 13.1 Å². The Hall–Kier alpha value is -0.790. The summed E-state index contributed by atoms with van der Waals surface area (Å²) in [5.41, 5.74) is 3.50. The molecule has 1 amide bonds. The van der Waals surface area contributed by atoms with Gasteiger partial charge in [0.1, 0.15) is 0 Å². The number of rotatable bonds is 1. The molecule has 5 aliphatic carbocycles. The molecule has 0 aromatic heterocycles. The van der Waals surface area contributed by atoms with Crippen LogP contribution in [0.5, 0.6) is 0 Å². The molecule has 2 heteroatoms. The van der Waals surface area contributed by atoms with Crippen LogP contribution in [0.15, 0.2) is 11.1 Å². The number of piperidine rings is 1. The second-order valence-electron chi connectivity index (χ2n) is 8.70. The van der Waals surface area contributed by atoms with Crippen LogP contribution in [-0.4, -0.2) is 23.9 Å². The fourth-order valence-corrected chi connectivity index (χ4v) is 6.46. The Balaban J connectivity index is 1.33. The van der Waals surface area contributed by atoms with E-state index in [-0.39, 0.29) is 5.41 Å². The van der Waals surface area contributed by atoms with E-state index in [1.165, 1.54) is 64.2 Å². The van der Waals surface area contributed by atoms with Gasteiger partial charge in [-0.1, -0.05) is 11.1 Å². The normalized spacial score (nSPS) is 44.4. The monoisotopic (exact) mass is 285 g/mol. The molecule has 1 heterocycles. The molecular formula is C19H27NO. The van der Waals surface area contributed by atoms with Crippen molar-refractivity contribution in [3.8, 4) is 0 Å². The second-order valence-corrected chi connectivity index (χ2v) is 8.70. The highest BCUT2D eigenvalue weighted by molar-refractivity contribution is 5.83. The SMILES string of the molecule is O=C(N1CCC(=C2CC2)CC1)C12CC3CC(CC(C3)C1)C2. The standard InChI is InChI=1S/C19H27NO/c21-18(20-5-3-17(4-6-20)16-1-2-16)19-10-13-7-14(11-19)9-15(8-13)12-19/h13-15H,1-12H2. The molecule has 4 bridgehead atoms. The number of allylic oxidation sites excluding steroid dienone is 1. The first kappa shape index (κ1) is 12.7. The van der Waals surface area contributed by atoms with Crippen molar-refractivity contribution >= 4 is 5.91 Å². The van der Waals surface area contributed by atoms with Gasteiger partial charge in [0.2, 0.25) is 5.91 Å². The first-order valence-electron chi connectivity index (χ1n) is 9.21. The Bertz CT molecular complexity index is 466. The first-order chi connectivity index (χ1) is 10.2. The Morgan fingerprint density at radius 1 is 0.810 bits per heavy atom. The van der Waals surface area contributed by atoms with Crippen LogP contribution in [0, 0.1) is 23.2 Å². The number of hydrogen-bond donors (Lipinski definition) is 0. The van der Waals surface area contributed by atoms with Gasteiger partial charge in [0, 0.05) is 13.1 Å². The van der Waals surface area contributed by atoms with E-state index in [2.05, 4.69) is 4.90 Å². The predicted molar refractivity (Wildman–Crippen MR) is 82.7 cm³/mol. The number of hydrogen-bond acceptors (Lipinski definition) is 1. The molecule has 0 aromatic carbocycles. The fourth-order valence-electron chi connectivity index (χ4n) is 6.46. The van der Waals surface area contributed by atoms with Crippen LogP contribution in [0.4, 0.5) is 0 Å². The highest BCUT2D eigenvalue weighted by Gasteiger charge is 2.55. The lowest BCUT2D eigenvalue weighted by atomic mass is 9.49. The summed E-state index contributed by atoms with van der Waals surface area (Å²) in [4.78, 5) is 15.5. The van der Waals surface area contributed by atoms with Crippen molar-refractivity contribution in [2.45, 2.75) is 64.2 Å². The smallest absolute Gasteiger partial charge is 0.228 e. The molecule has 5 saturated carbocycles. The highest BCUT2D eigenvalue weighted by atomic mass is 16.2. The van der Waals surface area contributed by atoms with Gasteiger partial charge >= 0.3 is 0 Å². The minimum absolute atomic E-state index is 0.0823. The van der Waals surface area contributed by atoms with Gasteiger partial charge < -0.3 is 4.90 Å². The minimum Gasteiger partial charge on any atom is -0.342 e. The third-order valence-corrected chi connectivity index (χ3v) is 7.15. The molecule has 6 fully saturated rings. The average molecular weight is 285 g/mol. The van der Waals surface area contributed by atoms with Crippen LogP contribution >= 0.6 is 0 Å². The lowest BCUT2D eigenvalue weighted by Crippen LogP contribution is -2.55. The zero-order valence-corrected chi connectivity index (χ0v) is 13.1. The van der Waals surface area contributed by atoms with Crippen LogP contribution in [-0.2, 0) is 4.79 Å². The molecule has 2 nitrogen and oxygen atoms in total. The molecule has 0 atom stereocenters. The maximum atomic E-state index is 13.3. The van der Waals surface area contributed by atoms with Gasteiger partial charge in [-0.3, -0.25) is 4.79 Å². The van der Waals surface area contributed by atoms with Crippen molar-refractivity contribution in [2.24, 2.45) is 23.2 Å². The summed E-state index contributed by atoms with van der Waals surface area (Å²) in [6.07, 6.45) is 13.0. The van der Waals surface area contributed by atoms with Crippen molar-refractivity contribution in [1.82, 2.24) is 4.90 Å². The number of nitrogens with zero attached hydrogens (tertiary/aromatic N) is 1. The molecule has 1 aliphatic heterocycles. The molecule has 6 rings (SSSR count). The van der Waals surface area contributed by atoms with Crippen LogP contribution in [0.1, 0.15) is 64.2 Å². The molecule has 114 valence electrons. The summed E-state index contributed by atoms with van der Waals surface area (Å²) in [5, 5.41) is 0. The van der Waals surface area contributed by atoms with Gasteiger partial charge in [0.05, 0.1) is 5.41 Å². The van der Waals surface area contributed by atoms with Gasteiger partial charge in [-0.15, -0.1) is 0 Å². The summed E-state index contributed by atoms with van der Waals surface area (Å²) < 4.78 is 0.